The van der Waals surface area contributed by atoms with Crippen LogP contribution in [0.1, 0.15) is 27.8 Å². The van der Waals surface area contributed by atoms with Gasteiger partial charge in [0.15, 0.2) is 5.69 Å². The van der Waals surface area contributed by atoms with Gasteiger partial charge in [-0.25, -0.2) is 9.67 Å². The average Bonchev–Trinajstić information content (AvgIpc) is 3.54. The maximum atomic E-state index is 13.2. The highest BCUT2D eigenvalue weighted by Gasteiger charge is 2.22. The van der Waals surface area contributed by atoms with Crippen LogP contribution in [-0.2, 0) is 6.54 Å². The number of benzene rings is 3. The first kappa shape index (κ1) is 21.3. The zero-order valence-electron chi connectivity index (χ0n) is 18.6. The van der Waals surface area contributed by atoms with Crippen LogP contribution in [0.2, 0.25) is 0 Å². The van der Waals surface area contributed by atoms with Crippen molar-refractivity contribution in [3.8, 4) is 16.8 Å². The average molecular weight is 450 g/mol. The van der Waals surface area contributed by atoms with E-state index in [0.717, 1.165) is 22.4 Å². The van der Waals surface area contributed by atoms with Gasteiger partial charge in [0.1, 0.15) is 12.7 Å². The molecular weight excluding hydrogens is 426 g/mol. The molecular formula is C26H23N7O. The summed E-state index contributed by atoms with van der Waals surface area (Å²) in [6.45, 7) is 2.29. The predicted molar refractivity (Wildman–Crippen MR) is 128 cm³/mol. The molecule has 0 saturated carbocycles. The molecule has 0 aliphatic heterocycles. The summed E-state index contributed by atoms with van der Waals surface area (Å²) in [7, 11) is 0. The van der Waals surface area contributed by atoms with Gasteiger partial charge in [0, 0.05) is 0 Å². The number of aromatic nitrogens is 6. The van der Waals surface area contributed by atoms with Gasteiger partial charge in [-0.15, -0.1) is 5.10 Å². The lowest BCUT2D eigenvalue weighted by atomic mass is 10.1. The lowest BCUT2D eigenvalue weighted by Crippen LogP contribution is -2.32. The first-order valence-electron chi connectivity index (χ1n) is 11.0. The van der Waals surface area contributed by atoms with Gasteiger partial charge in [0.2, 0.25) is 0 Å². The lowest BCUT2D eigenvalue weighted by molar-refractivity contribution is 0.0926. The van der Waals surface area contributed by atoms with Crippen molar-refractivity contribution < 1.29 is 4.79 Å². The quantitative estimate of drug-likeness (QED) is 0.406. The van der Waals surface area contributed by atoms with Gasteiger partial charge < -0.3 is 5.32 Å². The van der Waals surface area contributed by atoms with Crippen LogP contribution in [-0.4, -0.2) is 35.7 Å². The molecule has 168 valence electrons. The van der Waals surface area contributed by atoms with Crippen LogP contribution in [0.3, 0.4) is 0 Å². The van der Waals surface area contributed by atoms with Crippen molar-refractivity contribution in [2.75, 3.05) is 0 Å². The van der Waals surface area contributed by atoms with Crippen molar-refractivity contribution in [1.29, 1.82) is 0 Å². The zero-order chi connectivity index (χ0) is 23.3. The van der Waals surface area contributed by atoms with Crippen molar-refractivity contribution >= 4 is 5.91 Å². The number of hydrogen-bond donors (Lipinski definition) is 1. The third-order valence-corrected chi connectivity index (χ3v) is 5.67. The summed E-state index contributed by atoms with van der Waals surface area (Å²) in [6.07, 6.45) is 3.10. The van der Waals surface area contributed by atoms with Crippen molar-refractivity contribution in [1.82, 2.24) is 35.1 Å². The molecule has 0 saturated heterocycles. The first-order chi connectivity index (χ1) is 16.7. The van der Waals surface area contributed by atoms with E-state index in [1.165, 1.54) is 6.33 Å². The Kier molecular flexibility index (Phi) is 5.94. The van der Waals surface area contributed by atoms with Crippen LogP contribution in [0, 0.1) is 6.92 Å². The molecule has 8 heteroatoms. The highest BCUT2D eigenvalue weighted by molar-refractivity contribution is 5.93. The summed E-state index contributed by atoms with van der Waals surface area (Å²) in [5.41, 5.74) is 5.01. The number of carbonyl (C=O) groups is 1. The molecule has 0 radical (unpaired) electrons. The zero-order valence-corrected chi connectivity index (χ0v) is 18.6. The third-order valence-electron chi connectivity index (χ3n) is 5.67. The van der Waals surface area contributed by atoms with E-state index in [9.17, 15) is 4.79 Å². The van der Waals surface area contributed by atoms with E-state index in [4.69, 9.17) is 0 Å². The Labute approximate surface area is 196 Å². The second kappa shape index (κ2) is 9.50. The summed E-state index contributed by atoms with van der Waals surface area (Å²) < 4.78 is 3.37. The van der Waals surface area contributed by atoms with Gasteiger partial charge in [-0.3, -0.25) is 9.48 Å². The standard InChI is InChI=1S/C26H23N7O/c1-19-25(26(34)29-24(16-32-18-27-17-28-32)22-10-6-3-7-11-22)30-31-33(19)23-14-12-21(13-15-23)20-8-4-2-5-9-20/h2-15,17-18,24H,16H2,1H3,(H,29,34). The second-order valence-corrected chi connectivity index (χ2v) is 7.90. The van der Waals surface area contributed by atoms with E-state index in [1.54, 1.807) is 15.7 Å². The van der Waals surface area contributed by atoms with Crippen molar-refractivity contribution in [3.05, 3.63) is 115 Å². The van der Waals surface area contributed by atoms with Crippen LogP contribution < -0.4 is 5.32 Å². The van der Waals surface area contributed by atoms with E-state index >= 15 is 0 Å². The molecule has 5 aromatic rings. The van der Waals surface area contributed by atoms with Crippen LogP contribution in [0.5, 0.6) is 0 Å². The molecule has 0 spiro atoms. The number of amides is 1. The highest BCUT2D eigenvalue weighted by Crippen LogP contribution is 2.22. The molecule has 0 aliphatic carbocycles. The SMILES string of the molecule is Cc1c(C(=O)NC(Cn2cncn2)c2ccccc2)nnn1-c1ccc(-c2ccccc2)cc1. The highest BCUT2D eigenvalue weighted by atomic mass is 16.2. The van der Waals surface area contributed by atoms with E-state index in [-0.39, 0.29) is 17.6 Å². The maximum Gasteiger partial charge on any atom is 0.274 e. The Morgan fingerprint density at radius 3 is 2.26 bits per heavy atom. The fourth-order valence-corrected chi connectivity index (χ4v) is 3.87. The van der Waals surface area contributed by atoms with Crippen LogP contribution >= 0.6 is 0 Å². The first-order valence-corrected chi connectivity index (χ1v) is 11.0. The molecule has 1 N–H and O–H groups in total. The Bertz CT molecular complexity index is 1360. The molecule has 2 heterocycles. The molecule has 3 aromatic carbocycles. The van der Waals surface area contributed by atoms with Crippen LogP contribution in [0.4, 0.5) is 0 Å². The number of nitrogens with one attached hydrogen (secondary N) is 1. The number of carbonyl (C=O) groups excluding carboxylic acids is 1. The smallest absolute Gasteiger partial charge is 0.274 e. The monoisotopic (exact) mass is 449 g/mol. The molecule has 0 fully saturated rings. The molecule has 1 unspecified atom stereocenters. The largest absolute Gasteiger partial charge is 0.342 e. The maximum absolute atomic E-state index is 13.2. The minimum absolute atomic E-state index is 0.284. The summed E-state index contributed by atoms with van der Waals surface area (Å²) in [5.74, 6) is -0.293. The molecule has 1 amide bonds. The van der Waals surface area contributed by atoms with Crippen LogP contribution in [0.25, 0.3) is 16.8 Å². The van der Waals surface area contributed by atoms with E-state index in [1.807, 2.05) is 79.7 Å². The van der Waals surface area contributed by atoms with Gasteiger partial charge in [-0.05, 0) is 35.7 Å². The summed E-state index contributed by atoms with van der Waals surface area (Å²) in [5, 5.41) is 15.7. The number of rotatable bonds is 7. The van der Waals surface area contributed by atoms with Crippen molar-refractivity contribution in [2.24, 2.45) is 0 Å². The fourth-order valence-electron chi connectivity index (χ4n) is 3.87. The van der Waals surface area contributed by atoms with Crippen LogP contribution in [0.15, 0.2) is 97.6 Å². The fraction of sp³-hybridized carbons (Fsp3) is 0.115. The Morgan fingerprint density at radius 2 is 1.59 bits per heavy atom. The Balaban J connectivity index is 1.37. The third kappa shape index (κ3) is 4.47. The normalized spacial score (nSPS) is 11.8. The molecule has 0 bridgehead atoms. The van der Waals surface area contributed by atoms with Gasteiger partial charge >= 0.3 is 0 Å². The van der Waals surface area contributed by atoms with Gasteiger partial charge in [0.05, 0.1) is 24.0 Å². The van der Waals surface area contributed by atoms with Crippen molar-refractivity contribution in [3.63, 3.8) is 0 Å². The summed E-state index contributed by atoms with van der Waals surface area (Å²) >= 11 is 0. The molecule has 2 aromatic heterocycles. The number of nitrogens with zero attached hydrogens (tertiary/aromatic N) is 6. The van der Waals surface area contributed by atoms with Gasteiger partial charge in [0.25, 0.3) is 5.91 Å². The minimum Gasteiger partial charge on any atom is -0.342 e. The Morgan fingerprint density at radius 1 is 0.912 bits per heavy atom. The topological polar surface area (TPSA) is 90.5 Å². The Hall–Kier alpha value is -4.59. The molecule has 1 atom stereocenters. The van der Waals surface area contributed by atoms with Gasteiger partial charge in [-0.2, -0.15) is 5.10 Å². The summed E-state index contributed by atoms with van der Waals surface area (Å²) in [6, 6.07) is 27.7. The van der Waals surface area contributed by atoms with E-state index in [2.05, 4.69) is 37.8 Å². The van der Waals surface area contributed by atoms with E-state index < -0.39 is 0 Å². The lowest BCUT2D eigenvalue weighted by Gasteiger charge is -2.18. The van der Waals surface area contributed by atoms with Crippen molar-refractivity contribution in [2.45, 2.75) is 19.5 Å². The summed E-state index contributed by atoms with van der Waals surface area (Å²) in [4.78, 5) is 17.2. The van der Waals surface area contributed by atoms with E-state index in [0.29, 0.717) is 12.2 Å². The predicted octanol–water partition coefficient (Wildman–Crippen LogP) is 4.01. The second-order valence-electron chi connectivity index (χ2n) is 7.90. The molecule has 8 nitrogen and oxygen atoms in total. The molecule has 5 rings (SSSR count). The number of hydrogen-bond acceptors (Lipinski definition) is 5. The molecule has 34 heavy (non-hydrogen) atoms. The molecule has 0 aliphatic rings. The van der Waals surface area contributed by atoms with Gasteiger partial charge in [-0.1, -0.05) is 78.0 Å². The minimum atomic E-state index is -0.301.